The number of thiophene rings is 1. The lowest BCUT2D eigenvalue weighted by Gasteiger charge is -2.16. The van der Waals surface area contributed by atoms with Gasteiger partial charge in [-0.3, -0.25) is 10.1 Å². The van der Waals surface area contributed by atoms with Crippen LogP contribution in [-0.2, 0) is 14.8 Å². The number of benzene rings is 1. The number of nitrogens with zero attached hydrogens (tertiary/aromatic N) is 2. The fraction of sp³-hybridized carbons (Fsp3) is 0.381. The number of carbonyl (C=O) groups is 2. The topological polar surface area (TPSA) is 106 Å². The first-order valence-electron chi connectivity index (χ1n) is 10.1. The van der Waals surface area contributed by atoms with Gasteiger partial charge < -0.3 is 4.74 Å². The largest absolute Gasteiger partial charge is 0.462 e. The second-order valence-electron chi connectivity index (χ2n) is 7.09. The molecule has 0 saturated carbocycles. The lowest BCUT2D eigenvalue weighted by Crippen LogP contribution is -2.28. The predicted molar refractivity (Wildman–Crippen MR) is 127 cm³/mol. The highest BCUT2D eigenvalue weighted by Crippen LogP contribution is 2.37. The fourth-order valence-electron chi connectivity index (χ4n) is 2.96. The third kappa shape index (κ3) is 5.01. The van der Waals surface area contributed by atoms with Gasteiger partial charge in [-0.05, 0) is 50.1 Å². The van der Waals surface area contributed by atoms with Crippen molar-refractivity contribution in [3.63, 3.8) is 0 Å². The monoisotopic (exact) mass is 495 g/mol. The first-order valence-corrected chi connectivity index (χ1v) is 13.2. The number of sulfonamides is 1. The molecule has 8 nitrogen and oxygen atoms in total. The van der Waals surface area contributed by atoms with Crippen LogP contribution in [0.15, 0.2) is 29.2 Å². The van der Waals surface area contributed by atoms with Crippen LogP contribution in [0.2, 0.25) is 0 Å². The van der Waals surface area contributed by atoms with E-state index in [1.165, 1.54) is 51.2 Å². The van der Waals surface area contributed by atoms with Crippen LogP contribution >= 0.6 is 22.7 Å². The minimum atomic E-state index is -3.59. The van der Waals surface area contributed by atoms with Crippen LogP contribution in [0.25, 0.3) is 9.53 Å². The lowest BCUT2D eigenvalue weighted by molar-refractivity contribution is 0.0531. The molecule has 0 aliphatic heterocycles. The van der Waals surface area contributed by atoms with Gasteiger partial charge in [-0.25, -0.2) is 22.5 Å². The van der Waals surface area contributed by atoms with E-state index in [9.17, 15) is 18.0 Å². The summed E-state index contributed by atoms with van der Waals surface area (Å²) in [5, 5.41) is 3.15. The Labute approximate surface area is 195 Å². The van der Waals surface area contributed by atoms with E-state index in [0.717, 1.165) is 23.1 Å². The Morgan fingerprint density at radius 3 is 2.44 bits per heavy atom. The fourth-order valence-corrected chi connectivity index (χ4v) is 6.38. The molecular formula is C21H25N3O5S3. The van der Waals surface area contributed by atoms with Crippen molar-refractivity contribution in [3.05, 3.63) is 40.3 Å². The third-order valence-electron chi connectivity index (χ3n) is 4.81. The van der Waals surface area contributed by atoms with Gasteiger partial charge in [0.05, 0.1) is 16.2 Å². The summed E-state index contributed by atoms with van der Waals surface area (Å²) in [7, 11) is -2.04. The van der Waals surface area contributed by atoms with Crippen molar-refractivity contribution in [1.29, 1.82) is 0 Å². The van der Waals surface area contributed by atoms with E-state index in [-0.39, 0.29) is 10.9 Å². The van der Waals surface area contributed by atoms with Crippen LogP contribution in [0, 0.1) is 6.92 Å². The first-order chi connectivity index (χ1) is 15.2. The van der Waals surface area contributed by atoms with Gasteiger partial charge in [-0.2, -0.15) is 0 Å². The number of anilines is 1. The van der Waals surface area contributed by atoms with Crippen LogP contribution < -0.4 is 5.32 Å². The number of ether oxygens (including phenoxy) is 1. The Kier molecular flexibility index (Phi) is 7.65. The Bertz CT molecular complexity index is 1230. The third-order valence-corrected chi connectivity index (χ3v) is 9.06. The summed E-state index contributed by atoms with van der Waals surface area (Å²) in [6.07, 6.45) is 1.68. The van der Waals surface area contributed by atoms with Gasteiger partial charge in [-0.15, -0.1) is 11.3 Å². The zero-order chi connectivity index (χ0) is 23.5. The molecule has 11 heteroatoms. The van der Waals surface area contributed by atoms with Gasteiger partial charge in [-0.1, -0.05) is 24.7 Å². The summed E-state index contributed by atoms with van der Waals surface area (Å²) in [4.78, 5) is 30.4. The molecule has 0 unspecified atom stereocenters. The normalized spacial score (nSPS) is 11.8. The molecule has 172 valence electrons. The summed E-state index contributed by atoms with van der Waals surface area (Å²) in [6, 6.07) is 5.83. The minimum absolute atomic E-state index is 0.143. The van der Waals surface area contributed by atoms with Crippen molar-refractivity contribution >= 4 is 59.2 Å². The number of unbranched alkanes of at least 4 members (excludes halogenated alkanes) is 1. The van der Waals surface area contributed by atoms with Gasteiger partial charge in [0.25, 0.3) is 5.91 Å². The van der Waals surface area contributed by atoms with E-state index in [1.54, 1.807) is 14.0 Å². The van der Waals surface area contributed by atoms with Crippen molar-refractivity contribution < 1.29 is 22.7 Å². The van der Waals surface area contributed by atoms with E-state index in [1.807, 2.05) is 13.8 Å². The van der Waals surface area contributed by atoms with Crippen molar-refractivity contribution in [2.45, 2.75) is 38.5 Å². The van der Waals surface area contributed by atoms with Gasteiger partial charge >= 0.3 is 5.97 Å². The SMILES string of the molecule is CCCCN(C)S(=O)(=O)c1ccc(C(=O)Nc2nc3sc(C(=O)OCC)c(C)c3s2)cc1. The standard InChI is InChI=1S/C21H25N3O5S3/c1-5-7-12-24(4)32(27,28)15-10-8-14(9-11-15)18(25)22-21-23-19-16(31-21)13(3)17(30-19)20(26)29-6-2/h8-11H,5-7,12H2,1-4H3,(H,22,23,25). The maximum atomic E-state index is 12.6. The summed E-state index contributed by atoms with van der Waals surface area (Å²) >= 11 is 2.51. The van der Waals surface area contributed by atoms with Crippen LogP contribution in [-0.4, -0.2) is 49.8 Å². The predicted octanol–water partition coefficient (Wildman–Crippen LogP) is 4.52. The summed E-state index contributed by atoms with van der Waals surface area (Å²) in [5.74, 6) is -0.765. The zero-order valence-corrected chi connectivity index (χ0v) is 20.7. The summed E-state index contributed by atoms with van der Waals surface area (Å²) in [5.41, 5.74) is 1.10. The highest BCUT2D eigenvalue weighted by molar-refractivity contribution is 7.89. The van der Waals surface area contributed by atoms with E-state index in [4.69, 9.17) is 4.74 Å². The molecule has 1 N–H and O–H groups in total. The number of hydrogen-bond donors (Lipinski definition) is 1. The number of aromatic nitrogens is 1. The van der Waals surface area contributed by atoms with E-state index < -0.39 is 15.9 Å². The van der Waals surface area contributed by atoms with Gasteiger partial charge in [0.1, 0.15) is 9.71 Å². The van der Waals surface area contributed by atoms with Crippen molar-refractivity contribution in [2.24, 2.45) is 0 Å². The Balaban J connectivity index is 1.73. The van der Waals surface area contributed by atoms with E-state index >= 15 is 0 Å². The smallest absolute Gasteiger partial charge is 0.348 e. The number of nitrogens with one attached hydrogen (secondary N) is 1. The molecule has 32 heavy (non-hydrogen) atoms. The van der Waals surface area contributed by atoms with Crippen molar-refractivity contribution in [1.82, 2.24) is 9.29 Å². The van der Waals surface area contributed by atoms with Gasteiger partial charge in [0, 0.05) is 19.2 Å². The molecule has 3 aromatic rings. The van der Waals surface area contributed by atoms with Gasteiger partial charge in [0.2, 0.25) is 10.0 Å². The van der Waals surface area contributed by atoms with Crippen LogP contribution in [0.3, 0.4) is 0 Å². The average molecular weight is 496 g/mol. The summed E-state index contributed by atoms with van der Waals surface area (Å²) < 4.78 is 32.4. The lowest BCUT2D eigenvalue weighted by atomic mass is 10.2. The maximum absolute atomic E-state index is 12.6. The number of thiazole rings is 1. The Morgan fingerprint density at radius 1 is 1.16 bits per heavy atom. The molecule has 0 aliphatic rings. The second kappa shape index (κ2) is 10.1. The van der Waals surface area contributed by atoms with E-state index in [0.29, 0.717) is 33.6 Å². The molecule has 2 aromatic heterocycles. The molecule has 3 rings (SSSR count). The molecule has 0 aliphatic carbocycles. The number of esters is 1. The van der Waals surface area contributed by atoms with Crippen LogP contribution in [0.4, 0.5) is 5.13 Å². The van der Waals surface area contributed by atoms with Gasteiger partial charge in [0.15, 0.2) is 5.13 Å². The quantitative estimate of drug-likeness (QED) is 0.438. The number of fused-ring (bicyclic) bond motifs is 1. The highest BCUT2D eigenvalue weighted by Gasteiger charge is 2.22. The molecule has 0 bridgehead atoms. The number of rotatable bonds is 9. The van der Waals surface area contributed by atoms with Crippen molar-refractivity contribution in [3.8, 4) is 0 Å². The van der Waals surface area contributed by atoms with Crippen LogP contribution in [0.1, 0.15) is 52.3 Å². The molecule has 1 amide bonds. The average Bonchev–Trinajstić information content (AvgIpc) is 3.30. The molecule has 0 fully saturated rings. The van der Waals surface area contributed by atoms with Crippen LogP contribution in [0.5, 0.6) is 0 Å². The maximum Gasteiger partial charge on any atom is 0.348 e. The molecule has 0 radical (unpaired) electrons. The highest BCUT2D eigenvalue weighted by atomic mass is 32.2. The zero-order valence-electron chi connectivity index (χ0n) is 18.3. The minimum Gasteiger partial charge on any atom is -0.462 e. The molecule has 1 aromatic carbocycles. The second-order valence-corrected chi connectivity index (χ2v) is 11.1. The molecule has 2 heterocycles. The number of hydrogen-bond acceptors (Lipinski definition) is 8. The molecule has 0 saturated heterocycles. The molecular weight excluding hydrogens is 470 g/mol. The number of amides is 1. The Hall–Kier alpha value is -2.34. The molecule has 0 atom stereocenters. The Morgan fingerprint density at radius 2 is 1.84 bits per heavy atom. The first kappa shape index (κ1) is 24.3. The summed E-state index contributed by atoms with van der Waals surface area (Å²) in [6.45, 7) is 6.32. The number of carbonyl (C=O) groups excluding carboxylic acids is 2. The molecule has 0 spiro atoms. The van der Waals surface area contributed by atoms with E-state index in [2.05, 4.69) is 10.3 Å². The number of aryl methyl sites for hydroxylation is 1. The van der Waals surface area contributed by atoms with Crippen molar-refractivity contribution in [2.75, 3.05) is 25.5 Å².